The van der Waals surface area contributed by atoms with Crippen LogP contribution in [0.4, 0.5) is 0 Å². The van der Waals surface area contributed by atoms with Gasteiger partial charge in [0.15, 0.2) is 0 Å². The fourth-order valence-corrected chi connectivity index (χ4v) is 2.71. The van der Waals surface area contributed by atoms with E-state index in [2.05, 4.69) is 50.7 Å². The van der Waals surface area contributed by atoms with Gasteiger partial charge in [-0.05, 0) is 50.3 Å². The van der Waals surface area contributed by atoms with E-state index >= 15 is 0 Å². The average Bonchev–Trinajstić information content (AvgIpc) is 2.31. The first kappa shape index (κ1) is 15.0. The maximum Gasteiger partial charge on any atom is 0.228 e. The molecule has 1 atom stereocenters. The maximum absolute atomic E-state index is 5.76. The van der Waals surface area contributed by atoms with Gasteiger partial charge in [0.2, 0.25) is 5.88 Å². The van der Waals surface area contributed by atoms with Gasteiger partial charge in [-0.1, -0.05) is 33.1 Å². The predicted molar refractivity (Wildman–Crippen MR) is 78.4 cm³/mol. The predicted octanol–water partition coefficient (Wildman–Crippen LogP) is 5.20. The summed E-state index contributed by atoms with van der Waals surface area (Å²) in [5.74, 6) is 1.32. The summed E-state index contributed by atoms with van der Waals surface area (Å²) in [7, 11) is 0. The summed E-state index contributed by atoms with van der Waals surface area (Å²) in [6.07, 6.45) is 6.68. The zero-order chi connectivity index (χ0) is 12.7. The van der Waals surface area contributed by atoms with Crippen LogP contribution in [0.1, 0.15) is 39.5 Å². The van der Waals surface area contributed by atoms with Gasteiger partial charge in [-0.25, -0.2) is 4.98 Å². The zero-order valence-corrected chi connectivity index (χ0v) is 13.6. The zero-order valence-electron chi connectivity index (χ0n) is 10.4. The van der Waals surface area contributed by atoms with E-state index in [9.17, 15) is 0 Å². The van der Waals surface area contributed by atoms with Crippen LogP contribution in [0.3, 0.4) is 0 Å². The molecule has 0 bridgehead atoms. The van der Waals surface area contributed by atoms with Crippen LogP contribution in [0, 0.1) is 5.92 Å². The molecule has 0 saturated carbocycles. The average molecular weight is 365 g/mol. The Morgan fingerprint density at radius 3 is 2.71 bits per heavy atom. The number of ether oxygens (including phenoxy) is 1. The third-order valence-electron chi connectivity index (χ3n) is 2.77. The minimum atomic E-state index is 0.632. The topological polar surface area (TPSA) is 22.1 Å². The molecular formula is C13H19Br2NO. The van der Waals surface area contributed by atoms with E-state index in [0.29, 0.717) is 11.8 Å². The number of halogens is 2. The van der Waals surface area contributed by atoms with E-state index in [1.54, 1.807) is 6.20 Å². The van der Waals surface area contributed by atoms with Gasteiger partial charge in [0.1, 0.15) is 0 Å². The molecule has 0 aliphatic rings. The molecule has 0 radical (unpaired) electrons. The van der Waals surface area contributed by atoms with E-state index in [-0.39, 0.29) is 0 Å². The summed E-state index contributed by atoms with van der Waals surface area (Å²) < 4.78 is 7.62. The Morgan fingerprint density at radius 2 is 2.12 bits per heavy atom. The van der Waals surface area contributed by atoms with Crippen molar-refractivity contribution in [3.8, 4) is 5.88 Å². The molecule has 1 aromatic heterocycles. The van der Waals surface area contributed by atoms with E-state index in [1.807, 2.05) is 6.07 Å². The fraction of sp³-hybridized carbons (Fsp3) is 0.615. The summed E-state index contributed by atoms with van der Waals surface area (Å²) >= 11 is 6.83. The fourth-order valence-electron chi connectivity index (χ4n) is 1.60. The first-order chi connectivity index (χ1) is 8.17. The minimum absolute atomic E-state index is 0.632. The lowest BCUT2D eigenvalue weighted by atomic mass is 10.0. The first-order valence-electron chi connectivity index (χ1n) is 6.11. The molecular weight excluding hydrogens is 346 g/mol. The van der Waals surface area contributed by atoms with Crippen LogP contribution in [-0.4, -0.2) is 11.6 Å². The third kappa shape index (κ3) is 5.38. The standard InChI is InChI=1S/C13H19Br2NO/c1-3-5-6-10(4-2)9-17-13-12(15)7-11(14)8-16-13/h7-8,10H,3-6,9H2,1-2H3. The van der Waals surface area contributed by atoms with Gasteiger partial charge in [0, 0.05) is 10.7 Å². The Morgan fingerprint density at radius 1 is 1.35 bits per heavy atom. The summed E-state index contributed by atoms with van der Waals surface area (Å²) in [4.78, 5) is 4.25. The number of unbranched alkanes of at least 4 members (excludes halogenated alkanes) is 1. The lowest BCUT2D eigenvalue weighted by Crippen LogP contribution is -2.12. The van der Waals surface area contributed by atoms with Gasteiger partial charge in [0.05, 0.1) is 11.1 Å². The van der Waals surface area contributed by atoms with Crippen molar-refractivity contribution in [1.82, 2.24) is 4.98 Å². The number of aromatic nitrogens is 1. The smallest absolute Gasteiger partial charge is 0.228 e. The monoisotopic (exact) mass is 363 g/mol. The second kappa shape index (κ2) is 8.09. The Kier molecular flexibility index (Phi) is 7.12. The van der Waals surface area contributed by atoms with Crippen molar-refractivity contribution < 1.29 is 4.74 Å². The number of rotatable bonds is 7. The highest BCUT2D eigenvalue weighted by Crippen LogP contribution is 2.26. The van der Waals surface area contributed by atoms with Crippen LogP contribution in [0.15, 0.2) is 21.2 Å². The molecule has 0 fully saturated rings. The molecule has 2 nitrogen and oxygen atoms in total. The highest BCUT2D eigenvalue weighted by Gasteiger charge is 2.09. The quantitative estimate of drug-likeness (QED) is 0.663. The summed E-state index contributed by atoms with van der Waals surface area (Å²) in [6, 6.07) is 1.95. The molecule has 1 rings (SSSR count). The molecule has 0 spiro atoms. The molecule has 1 unspecified atom stereocenters. The van der Waals surface area contributed by atoms with E-state index < -0.39 is 0 Å². The molecule has 0 aliphatic carbocycles. The number of nitrogens with zero attached hydrogens (tertiary/aromatic N) is 1. The Hall–Kier alpha value is -0.0900. The van der Waals surface area contributed by atoms with Crippen molar-refractivity contribution in [2.75, 3.05) is 6.61 Å². The SMILES string of the molecule is CCCCC(CC)COc1ncc(Br)cc1Br. The van der Waals surface area contributed by atoms with E-state index in [0.717, 1.165) is 22.0 Å². The molecule has 0 aliphatic heterocycles. The summed E-state index contributed by atoms with van der Waals surface area (Å²) in [5.41, 5.74) is 0. The number of hydrogen-bond donors (Lipinski definition) is 0. The van der Waals surface area contributed by atoms with Gasteiger partial charge >= 0.3 is 0 Å². The minimum Gasteiger partial charge on any atom is -0.477 e. The lowest BCUT2D eigenvalue weighted by Gasteiger charge is -2.15. The van der Waals surface area contributed by atoms with E-state index in [4.69, 9.17) is 4.74 Å². The molecule has 0 N–H and O–H groups in total. The van der Waals surface area contributed by atoms with Crippen molar-refractivity contribution in [3.05, 3.63) is 21.2 Å². The van der Waals surface area contributed by atoms with Crippen LogP contribution in [0.25, 0.3) is 0 Å². The van der Waals surface area contributed by atoms with E-state index in [1.165, 1.54) is 19.3 Å². The van der Waals surface area contributed by atoms with Crippen LogP contribution < -0.4 is 4.74 Å². The normalized spacial score (nSPS) is 12.5. The Bertz CT molecular complexity index is 344. The van der Waals surface area contributed by atoms with Crippen LogP contribution in [0.5, 0.6) is 5.88 Å². The summed E-state index contributed by atoms with van der Waals surface area (Å²) in [6.45, 7) is 5.19. The highest BCUT2D eigenvalue weighted by molar-refractivity contribution is 9.11. The van der Waals surface area contributed by atoms with Gasteiger partial charge in [0.25, 0.3) is 0 Å². The lowest BCUT2D eigenvalue weighted by molar-refractivity contribution is 0.224. The van der Waals surface area contributed by atoms with Crippen molar-refractivity contribution in [3.63, 3.8) is 0 Å². The number of hydrogen-bond acceptors (Lipinski definition) is 2. The van der Waals surface area contributed by atoms with Crippen molar-refractivity contribution >= 4 is 31.9 Å². The van der Waals surface area contributed by atoms with Crippen LogP contribution in [-0.2, 0) is 0 Å². The molecule has 1 heterocycles. The van der Waals surface area contributed by atoms with Gasteiger partial charge in [-0.15, -0.1) is 0 Å². The third-order valence-corrected chi connectivity index (χ3v) is 3.77. The van der Waals surface area contributed by atoms with Crippen LogP contribution in [0.2, 0.25) is 0 Å². The van der Waals surface area contributed by atoms with Crippen molar-refractivity contribution in [2.45, 2.75) is 39.5 Å². The molecule has 96 valence electrons. The molecule has 0 amide bonds. The Balaban J connectivity index is 2.47. The maximum atomic E-state index is 5.76. The number of pyridine rings is 1. The van der Waals surface area contributed by atoms with Crippen molar-refractivity contribution in [2.24, 2.45) is 5.92 Å². The molecule has 17 heavy (non-hydrogen) atoms. The first-order valence-corrected chi connectivity index (χ1v) is 7.69. The molecule has 4 heteroatoms. The van der Waals surface area contributed by atoms with Crippen molar-refractivity contribution in [1.29, 1.82) is 0 Å². The van der Waals surface area contributed by atoms with Gasteiger partial charge in [-0.3, -0.25) is 0 Å². The van der Waals surface area contributed by atoms with Gasteiger partial charge < -0.3 is 4.74 Å². The van der Waals surface area contributed by atoms with Gasteiger partial charge in [-0.2, -0.15) is 0 Å². The molecule has 0 aromatic carbocycles. The second-order valence-electron chi connectivity index (χ2n) is 4.17. The molecule has 0 saturated heterocycles. The summed E-state index contributed by atoms with van der Waals surface area (Å²) in [5, 5.41) is 0. The Labute approximate surface area is 120 Å². The highest BCUT2D eigenvalue weighted by atomic mass is 79.9. The molecule has 1 aromatic rings. The second-order valence-corrected chi connectivity index (χ2v) is 5.94. The van der Waals surface area contributed by atoms with Crippen LogP contribution >= 0.6 is 31.9 Å². The largest absolute Gasteiger partial charge is 0.477 e.